The Kier molecular flexibility index (Phi) is 5.23. The van der Waals surface area contributed by atoms with Crippen molar-refractivity contribution in [1.29, 1.82) is 0 Å². The smallest absolute Gasteiger partial charge is 0.137 e. The normalized spacial score (nSPS) is 15.3. The number of benzene rings is 2. The van der Waals surface area contributed by atoms with Gasteiger partial charge in [-0.3, -0.25) is 0 Å². The first-order valence-electron chi connectivity index (χ1n) is 9.42. The van der Waals surface area contributed by atoms with Gasteiger partial charge in [0.2, 0.25) is 0 Å². The highest BCUT2D eigenvalue weighted by Gasteiger charge is 2.18. The van der Waals surface area contributed by atoms with E-state index in [-0.39, 0.29) is 6.61 Å². The van der Waals surface area contributed by atoms with E-state index in [1.165, 1.54) is 10.8 Å². The van der Waals surface area contributed by atoms with Crippen LogP contribution in [0.2, 0.25) is 0 Å². The second-order valence-electron chi connectivity index (χ2n) is 6.94. The molecule has 0 amide bonds. The summed E-state index contributed by atoms with van der Waals surface area (Å²) in [6.45, 7) is 4.41. The summed E-state index contributed by atoms with van der Waals surface area (Å²) in [6, 6.07) is 18.5. The minimum Gasteiger partial charge on any atom is -0.491 e. The number of hydrogen-bond acceptors (Lipinski definition) is 5. The lowest BCUT2D eigenvalue weighted by Gasteiger charge is -2.34. The van der Waals surface area contributed by atoms with Crippen LogP contribution in [0.4, 0.5) is 5.82 Å². The first-order valence-corrected chi connectivity index (χ1v) is 9.42. The molecule has 3 aromatic rings. The van der Waals surface area contributed by atoms with E-state index >= 15 is 0 Å². The number of aliphatic hydroxyl groups excluding tert-OH is 1. The monoisotopic (exact) mass is 363 g/mol. The van der Waals surface area contributed by atoms with Crippen molar-refractivity contribution in [3.05, 3.63) is 54.6 Å². The molecule has 5 heteroatoms. The standard InChI is InChI=1S/C22H25N3O2/c1-24-10-12-25(13-11-24)22-20-5-3-2-4-18(20)16-21(23-22)17-6-8-19(9-7-17)27-15-14-26/h2-9,16,26H,10-15H2,1H3. The zero-order valence-electron chi connectivity index (χ0n) is 15.6. The molecular formula is C22H25N3O2. The topological polar surface area (TPSA) is 48.8 Å². The molecule has 2 heterocycles. The van der Waals surface area contributed by atoms with Gasteiger partial charge in [-0.1, -0.05) is 24.3 Å². The number of aliphatic hydroxyl groups is 1. The van der Waals surface area contributed by atoms with E-state index in [9.17, 15) is 0 Å². The predicted molar refractivity (Wildman–Crippen MR) is 109 cm³/mol. The quantitative estimate of drug-likeness (QED) is 0.755. The van der Waals surface area contributed by atoms with Crippen molar-refractivity contribution >= 4 is 16.6 Å². The Hall–Kier alpha value is -2.63. The van der Waals surface area contributed by atoms with E-state index in [4.69, 9.17) is 14.8 Å². The third-order valence-corrected chi connectivity index (χ3v) is 5.03. The van der Waals surface area contributed by atoms with Crippen molar-refractivity contribution in [1.82, 2.24) is 9.88 Å². The molecule has 27 heavy (non-hydrogen) atoms. The zero-order chi connectivity index (χ0) is 18.6. The van der Waals surface area contributed by atoms with Gasteiger partial charge in [0, 0.05) is 37.1 Å². The molecular weight excluding hydrogens is 338 g/mol. The Morgan fingerprint density at radius 2 is 1.74 bits per heavy atom. The average Bonchev–Trinajstić information content (AvgIpc) is 2.72. The Morgan fingerprint density at radius 3 is 2.48 bits per heavy atom. The molecule has 0 unspecified atom stereocenters. The molecule has 1 aliphatic rings. The number of aromatic nitrogens is 1. The Labute approximate surface area is 159 Å². The summed E-state index contributed by atoms with van der Waals surface area (Å²) in [5.41, 5.74) is 2.03. The third kappa shape index (κ3) is 3.89. The van der Waals surface area contributed by atoms with Gasteiger partial charge in [0.1, 0.15) is 18.2 Å². The van der Waals surface area contributed by atoms with E-state index in [1.807, 2.05) is 24.3 Å². The molecule has 4 rings (SSSR count). The highest BCUT2D eigenvalue weighted by atomic mass is 16.5. The van der Waals surface area contributed by atoms with Crippen LogP contribution in [0, 0.1) is 0 Å². The molecule has 1 saturated heterocycles. The maximum Gasteiger partial charge on any atom is 0.137 e. The summed E-state index contributed by atoms with van der Waals surface area (Å²) in [4.78, 5) is 9.79. The third-order valence-electron chi connectivity index (χ3n) is 5.03. The van der Waals surface area contributed by atoms with Gasteiger partial charge in [-0.05, 0) is 42.8 Å². The number of rotatable bonds is 5. The highest BCUT2D eigenvalue weighted by Crippen LogP contribution is 2.31. The fraction of sp³-hybridized carbons (Fsp3) is 0.318. The number of fused-ring (bicyclic) bond motifs is 1. The zero-order valence-corrected chi connectivity index (χ0v) is 15.6. The van der Waals surface area contributed by atoms with Gasteiger partial charge >= 0.3 is 0 Å². The molecule has 1 fully saturated rings. The fourth-order valence-electron chi connectivity index (χ4n) is 3.47. The van der Waals surface area contributed by atoms with E-state index in [1.54, 1.807) is 0 Å². The largest absolute Gasteiger partial charge is 0.491 e. The van der Waals surface area contributed by atoms with Gasteiger partial charge in [0.15, 0.2) is 0 Å². The van der Waals surface area contributed by atoms with Crippen LogP contribution in [0.3, 0.4) is 0 Å². The van der Waals surface area contributed by atoms with E-state index in [0.717, 1.165) is 49.0 Å². The molecule has 1 aromatic heterocycles. The number of likely N-dealkylation sites (N-methyl/N-ethyl adjacent to an activating group) is 1. The molecule has 0 aliphatic carbocycles. The molecule has 0 bridgehead atoms. The van der Waals surface area contributed by atoms with Gasteiger partial charge in [-0.2, -0.15) is 0 Å². The number of nitrogens with zero attached hydrogens (tertiary/aromatic N) is 3. The van der Waals surface area contributed by atoms with Crippen LogP contribution in [0.15, 0.2) is 54.6 Å². The lowest BCUT2D eigenvalue weighted by atomic mass is 10.1. The van der Waals surface area contributed by atoms with Crippen molar-refractivity contribution < 1.29 is 9.84 Å². The van der Waals surface area contributed by atoms with Crippen LogP contribution in [0.1, 0.15) is 0 Å². The number of ether oxygens (including phenoxy) is 1. The molecule has 140 valence electrons. The lowest BCUT2D eigenvalue weighted by molar-refractivity contribution is 0.201. The highest BCUT2D eigenvalue weighted by molar-refractivity contribution is 5.95. The van der Waals surface area contributed by atoms with Crippen molar-refractivity contribution in [2.75, 3.05) is 51.3 Å². The molecule has 0 saturated carbocycles. The summed E-state index contributed by atoms with van der Waals surface area (Å²) in [5.74, 6) is 1.82. The first kappa shape index (κ1) is 17.8. The van der Waals surface area contributed by atoms with Crippen LogP contribution < -0.4 is 9.64 Å². The van der Waals surface area contributed by atoms with Crippen LogP contribution in [-0.2, 0) is 0 Å². The van der Waals surface area contributed by atoms with Crippen molar-refractivity contribution in [2.24, 2.45) is 0 Å². The molecule has 1 N–H and O–H groups in total. The second kappa shape index (κ2) is 7.94. The summed E-state index contributed by atoms with van der Waals surface area (Å²) in [5, 5.41) is 11.3. The number of pyridine rings is 1. The Morgan fingerprint density at radius 1 is 1.00 bits per heavy atom. The van der Waals surface area contributed by atoms with Gasteiger partial charge < -0.3 is 19.6 Å². The van der Waals surface area contributed by atoms with Gasteiger partial charge in [-0.15, -0.1) is 0 Å². The first-order chi connectivity index (χ1) is 13.2. The lowest BCUT2D eigenvalue weighted by Crippen LogP contribution is -2.44. The molecule has 5 nitrogen and oxygen atoms in total. The van der Waals surface area contributed by atoms with Crippen molar-refractivity contribution in [3.63, 3.8) is 0 Å². The van der Waals surface area contributed by atoms with Crippen LogP contribution >= 0.6 is 0 Å². The molecule has 1 aliphatic heterocycles. The average molecular weight is 363 g/mol. The van der Waals surface area contributed by atoms with Crippen LogP contribution in [-0.4, -0.2) is 61.4 Å². The number of anilines is 1. The molecule has 0 spiro atoms. The van der Waals surface area contributed by atoms with Crippen molar-refractivity contribution in [3.8, 4) is 17.0 Å². The minimum absolute atomic E-state index is 0.0162. The predicted octanol–water partition coefficient (Wildman–Crippen LogP) is 3.02. The van der Waals surface area contributed by atoms with E-state index < -0.39 is 0 Å². The van der Waals surface area contributed by atoms with Gasteiger partial charge in [0.25, 0.3) is 0 Å². The Bertz CT molecular complexity index is 903. The maximum absolute atomic E-state index is 8.89. The minimum atomic E-state index is 0.0162. The molecule has 0 radical (unpaired) electrons. The van der Waals surface area contributed by atoms with Crippen LogP contribution in [0.25, 0.3) is 22.0 Å². The van der Waals surface area contributed by atoms with E-state index in [2.05, 4.69) is 47.2 Å². The SMILES string of the molecule is CN1CCN(c2nc(-c3ccc(OCCO)cc3)cc3ccccc23)CC1. The number of hydrogen-bond donors (Lipinski definition) is 1. The second-order valence-corrected chi connectivity index (χ2v) is 6.94. The maximum atomic E-state index is 8.89. The molecule has 2 aromatic carbocycles. The number of piperazine rings is 1. The summed E-state index contributed by atoms with van der Waals surface area (Å²) in [6.07, 6.45) is 0. The summed E-state index contributed by atoms with van der Waals surface area (Å²) >= 11 is 0. The van der Waals surface area contributed by atoms with Gasteiger partial charge in [-0.25, -0.2) is 4.98 Å². The fourth-order valence-corrected chi connectivity index (χ4v) is 3.47. The summed E-state index contributed by atoms with van der Waals surface area (Å²) in [7, 11) is 2.17. The summed E-state index contributed by atoms with van der Waals surface area (Å²) < 4.78 is 5.46. The van der Waals surface area contributed by atoms with Gasteiger partial charge in [0.05, 0.1) is 12.3 Å². The molecule has 0 atom stereocenters. The van der Waals surface area contributed by atoms with Crippen LogP contribution in [0.5, 0.6) is 5.75 Å². The van der Waals surface area contributed by atoms with E-state index in [0.29, 0.717) is 6.61 Å². The van der Waals surface area contributed by atoms with Crippen molar-refractivity contribution in [2.45, 2.75) is 0 Å². The Balaban J connectivity index is 1.71.